The van der Waals surface area contributed by atoms with Crippen molar-refractivity contribution < 1.29 is 4.79 Å². The Morgan fingerprint density at radius 1 is 1.21 bits per heavy atom. The highest BCUT2D eigenvalue weighted by Crippen LogP contribution is 2.31. The zero-order valence-corrected chi connectivity index (χ0v) is 17.2. The third-order valence-electron chi connectivity index (χ3n) is 5.01. The third-order valence-corrected chi connectivity index (χ3v) is 6.27. The first-order valence-corrected chi connectivity index (χ1v) is 11.0. The number of hydrogen-bond acceptors (Lipinski definition) is 4. The van der Waals surface area contributed by atoms with Gasteiger partial charge in [0.15, 0.2) is 5.82 Å². The van der Waals surface area contributed by atoms with Crippen LogP contribution >= 0.6 is 22.9 Å². The van der Waals surface area contributed by atoms with Crippen LogP contribution in [-0.4, -0.2) is 20.7 Å². The number of aryl methyl sites for hydroxylation is 2. The molecule has 0 radical (unpaired) electrons. The van der Waals surface area contributed by atoms with Crippen LogP contribution in [0.3, 0.4) is 0 Å². The monoisotopic (exact) mass is 414 g/mol. The van der Waals surface area contributed by atoms with E-state index < -0.39 is 0 Å². The molecule has 1 aromatic carbocycles. The Hall–Kier alpha value is -2.18. The molecule has 0 saturated heterocycles. The number of thiophene rings is 1. The van der Waals surface area contributed by atoms with Crippen LogP contribution in [0, 0.1) is 0 Å². The molecule has 28 heavy (non-hydrogen) atoms. The van der Waals surface area contributed by atoms with Crippen LogP contribution in [0.25, 0.3) is 11.4 Å². The second-order valence-corrected chi connectivity index (χ2v) is 8.52. The van der Waals surface area contributed by atoms with Gasteiger partial charge in [-0.05, 0) is 55.3 Å². The molecule has 5 nitrogen and oxygen atoms in total. The van der Waals surface area contributed by atoms with E-state index in [2.05, 4.69) is 31.5 Å². The number of aromatic nitrogens is 3. The summed E-state index contributed by atoms with van der Waals surface area (Å²) in [6.07, 6.45) is 6.69. The van der Waals surface area contributed by atoms with Crippen LogP contribution in [0.5, 0.6) is 0 Å². The summed E-state index contributed by atoms with van der Waals surface area (Å²) in [4.78, 5) is 13.6. The van der Waals surface area contributed by atoms with E-state index in [1.54, 1.807) is 11.3 Å². The predicted molar refractivity (Wildman–Crippen MR) is 114 cm³/mol. The molecule has 4 rings (SSSR count). The van der Waals surface area contributed by atoms with E-state index in [0.717, 1.165) is 61.5 Å². The number of hydrogen-bond donors (Lipinski definition) is 1. The van der Waals surface area contributed by atoms with Crippen LogP contribution < -0.4 is 5.32 Å². The van der Waals surface area contributed by atoms with Crippen molar-refractivity contribution in [1.82, 2.24) is 14.8 Å². The molecule has 3 heterocycles. The minimum absolute atomic E-state index is 0.0184. The van der Waals surface area contributed by atoms with Crippen molar-refractivity contribution in [2.45, 2.75) is 51.5 Å². The van der Waals surface area contributed by atoms with Crippen molar-refractivity contribution in [3.8, 4) is 11.4 Å². The molecule has 1 aliphatic rings. The molecule has 1 N–H and O–H groups in total. The summed E-state index contributed by atoms with van der Waals surface area (Å²) in [5.74, 6) is 1.83. The SMILES string of the molecule is O=C(CCCc1cccs1)Nc1ccc(Cl)c(-c2nnc3n2CCCCC3)c1. The highest BCUT2D eigenvalue weighted by atomic mass is 35.5. The third kappa shape index (κ3) is 4.45. The molecular weight excluding hydrogens is 392 g/mol. The first-order chi connectivity index (χ1) is 13.7. The van der Waals surface area contributed by atoms with Crippen molar-refractivity contribution in [3.63, 3.8) is 0 Å². The Bertz CT molecular complexity index is 951. The molecule has 3 aromatic rings. The maximum atomic E-state index is 12.3. The van der Waals surface area contributed by atoms with Gasteiger partial charge in [0.05, 0.1) is 5.02 Å². The number of carbonyl (C=O) groups excluding carboxylic acids is 1. The zero-order valence-electron chi connectivity index (χ0n) is 15.7. The van der Waals surface area contributed by atoms with Crippen LogP contribution in [0.15, 0.2) is 35.7 Å². The average Bonchev–Trinajstić information content (AvgIpc) is 3.28. The van der Waals surface area contributed by atoms with Crippen molar-refractivity contribution in [2.75, 3.05) is 5.32 Å². The smallest absolute Gasteiger partial charge is 0.224 e. The highest BCUT2D eigenvalue weighted by Gasteiger charge is 2.18. The largest absolute Gasteiger partial charge is 0.326 e. The van der Waals surface area contributed by atoms with Gasteiger partial charge in [0, 0.05) is 35.5 Å². The van der Waals surface area contributed by atoms with Gasteiger partial charge < -0.3 is 9.88 Å². The maximum Gasteiger partial charge on any atom is 0.224 e. The van der Waals surface area contributed by atoms with E-state index in [-0.39, 0.29) is 5.91 Å². The maximum absolute atomic E-state index is 12.3. The van der Waals surface area contributed by atoms with E-state index >= 15 is 0 Å². The first-order valence-electron chi connectivity index (χ1n) is 9.75. The molecule has 0 bridgehead atoms. The summed E-state index contributed by atoms with van der Waals surface area (Å²) in [5, 5.41) is 14.4. The lowest BCUT2D eigenvalue weighted by molar-refractivity contribution is -0.116. The van der Waals surface area contributed by atoms with Gasteiger partial charge in [-0.3, -0.25) is 4.79 Å². The quantitative estimate of drug-likeness (QED) is 0.591. The predicted octanol–water partition coefficient (Wildman–Crippen LogP) is 5.35. The number of nitrogens with zero attached hydrogens (tertiary/aromatic N) is 3. The minimum atomic E-state index is 0.0184. The molecule has 0 spiro atoms. The van der Waals surface area contributed by atoms with Gasteiger partial charge >= 0.3 is 0 Å². The van der Waals surface area contributed by atoms with Crippen molar-refractivity contribution in [1.29, 1.82) is 0 Å². The fourth-order valence-electron chi connectivity index (χ4n) is 3.56. The van der Waals surface area contributed by atoms with Crippen LogP contribution in [-0.2, 0) is 24.2 Å². The molecule has 0 aliphatic carbocycles. The summed E-state index contributed by atoms with van der Waals surface area (Å²) in [6.45, 7) is 0.910. The van der Waals surface area contributed by atoms with Crippen LogP contribution in [0.1, 0.15) is 42.8 Å². The number of benzene rings is 1. The standard InChI is InChI=1S/C21H23ClN4OS/c22-18-11-10-15(23-20(27)9-4-6-16-7-5-13-28-16)14-17(18)21-25-24-19-8-2-1-3-12-26(19)21/h5,7,10-11,13-14H,1-4,6,8-9,12H2,(H,23,27). The van der Waals surface area contributed by atoms with Gasteiger partial charge in [-0.2, -0.15) is 0 Å². The van der Waals surface area contributed by atoms with E-state index in [1.165, 1.54) is 11.3 Å². The number of fused-ring (bicyclic) bond motifs is 1. The number of rotatable bonds is 6. The average molecular weight is 415 g/mol. The van der Waals surface area contributed by atoms with E-state index in [9.17, 15) is 4.79 Å². The number of carbonyl (C=O) groups is 1. The lowest BCUT2D eigenvalue weighted by atomic mass is 10.1. The van der Waals surface area contributed by atoms with Gasteiger partial charge in [-0.25, -0.2) is 0 Å². The van der Waals surface area contributed by atoms with E-state index in [1.807, 2.05) is 24.3 Å². The normalized spacial score (nSPS) is 13.8. The number of halogens is 1. The molecule has 7 heteroatoms. The summed E-state index contributed by atoms with van der Waals surface area (Å²) >= 11 is 8.19. The Morgan fingerprint density at radius 3 is 3.00 bits per heavy atom. The van der Waals surface area contributed by atoms with E-state index in [0.29, 0.717) is 11.4 Å². The van der Waals surface area contributed by atoms with Crippen molar-refractivity contribution >= 4 is 34.5 Å². The molecule has 1 aliphatic heterocycles. The lowest BCUT2D eigenvalue weighted by Gasteiger charge is -2.11. The molecule has 2 aromatic heterocycles. The summed E-state index contributed by atoms with van der Waals surface area (Å²) in [7, 11) is 0. The fourth-order valence-corrected chi connectivity index (χ4v) is 4.51. The summed E-state index contributed by atoms with van der Waals surface area (Å²) in [5.41, 5.74) is 1.56. The molecule has 0 unspecified atom stereocenters. The number of nitrogens with one attached hydrogen (secondary N) is 1. The number of amides is 1. The minimum Gasteiger partial charge on any atom is -0.326 e. The van der Waals surface area contributed by atoms with Gasteiger partial charge in [0.1, 0.15) is 5.82 Å². The van der Waals surface area contributed by atoms with Crippen molar-refractivity contribution in [2.24, 2.45) is 0 Å². The molecule has 0 saturated carbocycles. The van der Waals surface area contributed by atoms with Crippen LogP contribution in [0.2, 0.25) is 5.02 Å². The van der Waals surface area contributed by atoms with Crippen molar-refractivity contribution in [3.05, 3.63) is 51.4 Å². The summed E-state index contributed by atoms with van der Waals surface area (Å²) < 4.78 is 2.17. The Balaban J connectivity index is 1.45. The van der Waals surface area contributed by atoms with Crippen LogP contribution in [0.4, 0.5) is 5.69 Å². The first kappa shape index (κ1) is 19.2. The molecule has 1 amide bonds. The van der Waals surface area contributed by atoms with Gasteiger partial charge in [-0.1, -0.05) is 24.1 Å². The second-order valence-electron chi connectivity index (χ2n) is 7.08. The fraction of sp³-hybridized carbons (Fsp3) is 0.381. The second kappa shape index (κ2) is 8.88. The Kier molecular flexibility index (Phi) is 6.07. The lowest BCUT2D eigenvalue weighted by Crippen LogP contribution is -2.11. The zero-order chi connectivity index (χ0) is 19.3. The van der Waals surface area contributed by atoms with E-state index in [4.69, 9.17) is 11.6 Å². The van der Waals surface area contributed by atoms with Gasteiger partial charge in [-0.15, -0.1) is 21.5 Å². The molecular formula is C21H23ClN4OS. The van der Waals surface area contributed by atoms with Gasteiger partial charge in [0.25, 0.3) is 0 Å². The summed E-state index contributed by atoms with van der Waals surface area (Å²) in [6, 6.07) is 9.71. The molecule has 0 fully saturated rings. The Labute approximate surface area is 173 Å². The molecule has 146 valence electrons. The number of anilines is 1. The van der Waals surface area contributed by atoms with Gasteiger partial charge in [0.2, 0.25) is 5.91 Å². The topological polar surface area (TPSA) is 59.8 Å². The Morgan fingerprint density at radius 2 is 2.14 bits per heavy atom. The highest BCUT2D eigenvalue weighted by molar-refractivity contribution is 7.09. The molecule has 0 atom stereocenters.